The van der Waals surface area contributed by atoms with Crippen LogP contribution in [0, 0.1) is 5.92 Å². The van der Waals surface area contributed by atoms with E-state index in [0.29, 0.717) is 18.5 Å². The van der Waals surface area contributed by atoms with Crippen molar-refractivity contribution in [3.63, 3.8) is 0 Å². The van der Waals surface area contributed by atoms with Gasteiger partial charge in [0.15, 0.2) is 11.7 Å². The number of hydrogen-bond acceptors (Lipinski definition) is 4. The maximum Gasteiger partial charge on any atom is 0.191 e. The van der Waals surface area contributed by atoms with Crippen molar-refractivity contribution < 1.29 is 4.52 Å². The molecule has 1 saturated carbocycles. The molecule has 1 aliphatic carbocycles. The van der Waals surface area contributed by atoms with Gasteiger partial charge in [-0.2, -0.15) is 0 Å². The van der Waals surface area contributed by atoms with Gasteiger partial charge < -0.3 is 20.1 Å². The van der Waals surface area contributed by atoms with E-state index in [9.17, 15) is 0 Å². The van der Waals surface area contributed by atoms with Crippen LogP contribution < -0.4 is 10.6 Å². The third kappa shape index (κ3) is 6.31. The fourth-order valence-electron chi connectivity index (χ4n) is 3.67. The molecule has 0 aliphatic heterocycles. The van der Waals surface area contributed by atoms with E-state index in [1.54, 1.807) is 0 Å². The van der Waals surface area contributed by atoms with Gasteiger partial charge in [-0.25, -0.2) is 4.99 Å². The van der Waals surface area contributed by atoms with Gasteiger partial charge in [-0.3, -0.25) is 0 Å². The van der Waals surface area contributed by atoms with E-state index in [1.165, 1.54) is 32.1 Å². The molecule has 2 rings (SSSR count). The van der Waals surface area contributed by atoms with E-state index in [1.807, 2.05) is 6.07 Å². The Hall–Kier alpha value is -1.56. The highest BCUT2D eigenvalue weighted by Gasteiger charge is 2.25. The van der Waals surface area contributed by atoms with Crippen LogP contribution in [0.15, 0.2) is 15.6 Å². The van der Waals surface area contributed by atoms with Gasteiger partial charge in [0.05, 0.1) is 5.69 Å². The molecular formula is C20H37N5O. The first-order valence-electron chi connectivity index (χ1n) is 10.1. The van der Waals surface area contributed by atoms with Crippen LogP contribution in [-0.4, -0.2) is 49.2 Å². The predicted molar refractivity (Wildman–Crippen MR) is 107 cm³/mol. The molecular weight excluding hydrogens is 326 g/mol. The normalized spacial score (nSPS) is 17.7. The summed E-state index contributed by atoms with van der Waals surface area (Å²) < 4.78 is 5.39. The third-order valence-corrected chi connectivity index (χ3v) is 5.24. The molecule has 1 unspecified atom stereocenters. The van der Waals surface area contributed by atoms with Gasteiger partial charge in [0.2, 0.25) is 0 Å². The molecule has 1 aromatic rings. The van der Waals surface area contributed by atoms with Crippen LogP contribution in [0.25, 0.3) is 0 Å². The van der Waals surface area contributed by atoms with Crippen molar-refractivity contribution in [2.45, 2.75) is 71.4 Å². The van der Waals surface area contributed by atoms with Gasteiger partial charge in [0, 0.05) is 25.2 Å². The van der Waals surface area contributed by atoms with Gasteiger partial charge in [-0.05, 0) is 45.7 Å². The highest BCUT2D eigenvalue weighted by Crippen LogP contribution is 2.28. The van der Waals surface area contributed by atoms with Crippen LogP contribution in [0.3, 0.4) is 0 Å². The van der Waals surface area contributed by atoms with Crippen molar-refractivity contribution in [2.75, 3.05) is 27.2 Å². The molecule has 1 fully saturated rings. The summed E-state index contributed by atoms with van der Waals surface area (Å²) >= 11 is 0. The number of likely N-dealkylation sites (N-methyl/N-ethyl adjacent to an activating group) is 1. The van der Waals surface area contributed by atoms with Crippen molar-refractivity contribution in [3.8, 4) is 0 Å². The Bertz CT molecular complexity index is 546. The second-order valence-corrected chi connectivity index (χ2v) is 7.88. The zero-order valence-electron chi connectivity index (χ0n) is 17.2. The summed E-state index contributed by atoms with van der Waals surface area (Å²) in [4.78, 5) is 7.03. The Morgan fingerprint density at radius 3 is 2.58 bits per heavy atom. The molecule has 2 N–H and O–H groups in total. The minimum absolute atomic E-state index is 0.374. The number of guanidine groups is 1. The molecule has 0 aromatic carbocycles. The second-order valence-electron chi connectivity index (χ2n) is 7.88. The van der Waals surface area contributed by atoms with Crippen LogP contribution in [0.2, 0.25) is 0 Å². The minimum Gasteiger partial charge on any atom is -0.359 e. The number of aliphatic imine (C=N–C) groups is 1. The van der Waals surface area contributed by atoms with Crippen LogP contribution >= 0.6 is 0 Å². The summed E-state index contributed by atoms with van der Waals surface area (Å²) in [5.74, 6) is 2.80. The lowest BCUT2D eigenvalue weighted by Crippen LogP contribution is -2.48. The lowest BCUT2D eigenvalue weighted by molar-refractivity contribution is 0.171. The average molecular weight is 364 g/mol. The SMILES string of the molecule is CCNC(=NCc1cc(C(C)C)no1)NCC(C1CCCCC1)N(C)C. The second kappa shape index (κ2) is 10.6. The molecule has 0 radical (unpaired) electrons. The highest BCUT2D eigenvalue weighted by molar-refractivity contribution is 5.79. The standard InChI is InChI=1S/C20H37N5O/c1-6-21-20(22-13-17-12-18(15(2)3)24-26-17)23-14-19(25(4)5)16-10-8-7-9-11-16/h12,15-16,19H,6-11,13-14H2,1-5H3,(H2,21,22,23). The van der Waals surface area contributed by atoms with Crippen molar-refractivity contribution in [1.29, 1.82) is 0 Å². The Balaban J connectivity index is 1.94. The molecule has 0 spiro atoms. The molecule has 0 amide bonds. The fraction of sp³-hybridized carbons (Fsp3) is 0.800. The molecule has 26 heavy (non-hydrogen) atoms. The van der Waals surface area contributed by atoms with Crippen LogP contribution in [0.4, 0.5) is 0 Å². The van der Waals surface area contributed by atoms with Crippen LogP contribution in [0.5, 0.6) is 0 Å². The summed E-state index contributed by atoms with van der Waals surface area (Å²) in [6, 6.07) is 2.54. The van der Waals surface area contributed by atoms with Crippen LogP contribution in [-0.2, 0) is 6.54 Å². The first kappa shape index (κ1) is 20.7. The maximum atomic E-state index is 5.39. The van der Waals surface area contributed by atoms with Crippen molar-refractivity contribution in [1.82, 2.24) is 20.7 Å². The molecule has 1 aromatic heterocycles. The molecule has 1 aliphatic rings. The minimum atomic E-state index is 0.374. The first-order chi connectivity index (χ1) is 12.5. The molecule has 0 saturated heterocycles. The molecule has 6 heteroatoms. The zero-order chi connectivity index (χ0) is 18.9. The van der Waals surface area contributed by atoms with Gasteiger partial charge >= 0.3 is 0 Å². The number of nitrogens with zero attached hydrogens (tertiary/aromatic N) is 3. The molecule has 1 heterocycles. The summed E-state index contributed by atoms with van der Waals surface area (Å²) in [5.41, 5.74) is 0.984. The number of aromatic nitrogens is 1. The van der Waals surface area contributed by atoms with E-state index >= 15 is 0 Å². The fourth-order valence-corrected chi connectivity index (χ4v) is 3.67. The first-order valence-corrected chi connectivity index (χ1v) is 10.1. The van der Waals surface area contributed by atoms with Gasteiger partial charge in [0.25, 0.3) is 0 Å². The Kier molecular flexibility index (Phi) is 8.42. The van der Waals surface area contributed by atoms with Crippen molar-refractivity contribution in [2.24, 2.45) is 10.9 Å². The van der Waals surface area contributed by atoms with E-state index in [2.05, 4.69) is 60.5 Å². The van der Waals surface area contributed by atoms with E-state index in [4.69, 9.17) is 4.52 Å². The Morgan fingerprint density at radius 1 is 1.27 bits per heavy atom. The maximum absolute atomic E-state index is 5.39. The molecule has 1 atom stereocenters. The molecule has 0 bridgehead atoms. The quantitative estimate of drug-likeness (QED) is 0.548. The molecule has 148 valence electrons. The van der Waals surface area contributed by atoms with Crippen molar-refractivity contribution >= 4 is 5.96 Å². The third-order valence-electron chi connectivity index (χ3n) is 5.24. The summed E-state index contributed by atoms with van der Waals surface area (Å²) in [7, 11) is 4.37. The number of hydrogen-bond donors (Lipinski definition) is 2. The molecule has 6 nitrogen and oxygen atoms in total. The average Bonchev–Trinajstić information content (AvgIpc) is 3.10. The Labute approximate surface area is 158 Å². The summed E-state index contributed by atoms with van der Waals surface area (Å²) in [5, 5.41) is 11.0. The predicted octanol–water partition coefficient (Wildman–Crippen LogP) is 3.36. The van der Waals surface area contributed by atoms with Gasteiger partial charge in [0.1, 0.15) is 6.54 Å². The highest BCUT2D eigenvalue weighted by atomic mass is 16.5. The van der Waals surface area contributed by atoms with Gasteiger partial charge in [-0.15, -0.1) is 0 Å². The Morgan fingerprint density at radius 2 is 2.00 bits per heavy atom. The topological polar surface area (TPSA) is 65.7 Å². The monoisotopic (exact) mass is 363 g/mol. The number of nitrogens with one attached hydrogen (secondary N) is 2. The number of rotatable bonds is 8. The lowest BCUT2D eigenvalue weighted by atomic mass is 9.83. The lowest BCUT2D eigenvalue weighted by Gasteiger charge is -2.35. The van der Waals surface area contributed by atoms with E-state index in [0.717, 1.165) is 36.4 Å². The van der Waals surface area contributed by atoms with E-state index < -0.39 is 0 Å². The summed E-state index contributed by atoms with van der Waals surface area (Å²) in [6.45, 7) is 8.58. The zero-order valence-corrected chi connectivity index (χ0v) is 17.2. The summed E-state index contributed by atoms with van der Waals surface area (Å²) in [6.07, 6.45) is 6.81. The smallest absolute Gasteiger partial charge is 0.191 e. The largest absolute Gasteiger partial charge is 0.359 e. The van der Waals surface area contributed by atoms with E-state index in [-0.39, 0.29) is 0 Å². The van der Waals surface area contributed by atoms with Crippen LogP contribution in [0.1, 0.15) is 70.2 Å². The van der Waals surface area contributed by atoms with Crippen molar-refractivity contribution in [3.05, 3.63) is 17.5 Å². The van der Waals surface area contributed by atoms with Gasteiger partial charge in [-0.1, -0.05) is 38.3 Å².